The molecule has 0 aliphatic heterocycles. The first-order valence-electron chi connectivity index (χ1n) is 7.07. The predicted octanol–water partition coefficient (Wildman–Crippen LogP) is 3.70. The summed E-state index contributed by atoms with van der Waals surface area (Å²) in [7, 11) is 1.28. The summed E-state index contributed by atoms with van der Waals surface area (Å²) in [5.74, 6) is -0.974. The number of fused-ring (bicyclic) bond motifs is 1. The van der Waals surface area contributed by atoms with E-state index in [1.165, 1.54) is 24.5 Å². The molecule has 0 bridgehead atoms. The third kappa shape index (κ3) is 3.49. The van der Waals surface area contributed by atoms with Gasteiger partial charge in [0.1, 0.15) is 11.3 Å². The summed E-state index contributed by atoms with van der Waals surface area (Å²) < 4.78 is 10.1. The fraction of sp³-hybridized carbons (Fsp3) is 0.0556. The molecular formula is C18H13NO4S. The van der Waals surface area contributed by atoms with Crippen LogP contribution in [0.3, 0.4) is 0 Å². The molecule has 5 nitrogen and oxygen atoms in total. The maximum absolute atomic E-state index is 12.0. The minimum absolute atomic E-state index is 0.166. The number of thiazole rings is 1. The molecule has 0 saturated carbocycles. The number of hydrogen-bond acceptors (Lipinski definition) is 6. The molecule has 0 unspecified atom stereocenters. The zero-order chi connectivity index (χ0) is 16.9. The number of nitrogens with zero attached hydrogens (tertiary/aromatic N) is 1. The lowest BCUT2D eigenvalue weighted by molar-refractivity contribution is -0.128. The van der Waals surface area contributed by atoms with Crippen LogP contribution < -0.4 is 4.74 Å². The molecule has 0 fully saturated rings. The predicted molar refractivity (Wildman–Crippen MR) is 92.1 cm³/mol. The molecule has 0 aliphatic carbocycles. The van der Waals surface area contributed by atoms with Crippen molar-refractivity contribution in [3.63, 3.8) is 0 Å². The third-order valence-electron chi connectivity index (χ3n) is 3.30. The van der Waals surface area contributed by atoms with Crippen LogP contribution >= 0.6 is 11.3 Å². The second kappa shape index (κ2) is 7.06. The van der Waals surface area contributed by atoms with Crippen LogP contribution in [0.4, 0.5) is 0 Å². The number of ether oxygens (including phenoxy) is 2. The lowest BCUT2D eigenvalue weighted by atomic mass is 10.1. The Morgan fingerprint density at radius 2 is 1.92 bits per heavy atom. The highest BCUT2D eigenvalue weighted by molar-refractivity contribution is 7.10. The van der Waals surface area contributed by atoms with E-state index in [0.29, 0.717) is 0 Å². The Labute approximate surface area is 142 Å². The second-order valence-electron chi connectivity index (χ2n) is 4.85. The largest absolute Gasteiger partial charge is 0.465 e. The van der Waals surface area contributed by atoms with Gasteiger partial charge in [-0.15, -0.1) is 11.3 Å². The standard InChI is InChI=1S/C18H13NO4S/c1-22-18(21)15-8-12-4-2-3-5-13(12)9-16(15)23-17(20)7-6-14-10-19-11-24-14/h2-11H,1H3/b7-6+. The zero-order valence-electron chi connectivity index (χ0n) is 12.8. The summed E-state index contributed by atoms with van der Waals surface area (Å²) in [6.45, 7) is 0. The van der Waals surface area contributed by atoms with E-state index in [1.807, 2.05) is 24.3 Å². The lowest BCUT2D eigenvalue weighted by Gasteiger charge is -2.09. The van der Waals surface area contributed by atoms with Crippen LogP contribution in [0.1, 0.15) is 15.2 Å². The van der Waals surface area contributed by atoms with E-state index < -0.39 is 11.9 Å². The zero-order valence-corrected chi connectivity index (χ0v) is 13.6. The first kappa shape index (κ1) is 15.9. The van der Waals surface area contributed by atoms with Crippen LogP contribution in [-0.4, -0.2) is 24.0 Å². The highest BCUT2D eigenvalue weighted by atomic mass is 32.1. The SMILES string of the molecule is COC(=O)c1cc2ccccc2cc1OC(=O)/C=C/c1cncs1. The molecule has 1 aromatic heterocycles. The minimum Gasteiger partial charge on any atom is -0.465 e. The van der Waals surface area contributed by atoms with Gasteiger partial charge in [0.05, 0.1) is 12.6 Å². The number of carbonyl (C=O) groups excluding carboxylic acids is 2. The number of aromatic nitrogens is 1. The molecule has 0 amide bonds. The Bertz CT molecular complexity index is 916. The van der Waals surface area contributed by atoms with Gasteiger partial charge in [0.2, 0.25) is 0 Å². The maximum Gasteiger partial charge on any atom is 0.341 e. The molecule has 0 saturated heterocycles. The molecule has 0 spiro atoms. The van der Waals surface area contributed by atoms with Crippen molar-refractivity contribution in [1.82, 2.24) is 4.98 Å². The van der Waals surface area contributed by atoms with E-state index in [9.17, 15) is 9.59 Å². The highest BCUT2D eigenvalue weighted by Gasteiger charge is 2.16. The smallest absolute Gasteiger partial charge is 0.341 e. The molecule has 0 aliphatic rings. The van der Waals surface area contributed by atoms with Gasteiger partial charge >= 0.3 is 11.9 Å². The van der Waals surface area contributed by atoms with Gasteiger partial charge in [-0.05, 0) is 29.0 Å². The monoisotopic (exact) mass is 339 g/mol. The topological polar surface area (TPSA) is 65.5 Å². The van der Waals surface area contributed by atoms with E-state index in [2.05, 4.69) is 4.98 Å². The maximum atomic E-state index is 12.0. The van der Waals surface area contributed by atoms with Gasteiger partial charge in [0.25, 0.3) is 0 Å². The molecule has 3 aromatic rings. The molecule has 0 atom stereocenters. The van der Waals surface area contributed by atoms with E-state index >= 15 is 0 Å². The van der Waals surface area contributed by atoms with E-state index in [-0.39, 0.29) is 11.3 Å². The number of methoxy groups -OCH3 is 1. The molecule has 2 aromatic carbocycles. The summed E-state index contributed by atoms with van der Waals surface area (Å²) in [6.07, 6.45) is 4.55. The van der Waals surface area contributed by atoms with Crippen molar-refractivity contribution in [2.24, 2.45) is 0 Å². The van der Waals surface area contributed by atoms with E-state index in [0.717, 1.165) is 15.6 Å². The van der Waals surface area contributed by atoms with Gasteiger partial charge in [-0.2, -0.15) is 0 Å². The van der Waals surface area contributed by atoms with Crippen LogP contribution in [0.2, 0.25) is 0 Å². The first-order valence-corrected chi connectivity index (χ1v) is 7.95. The average Bonchev–Trinajstić information content (AvgIpc) is 3.12. The molecule has 120 valence electrons. The van der Waals surface area contributed by atoms with Crippen LogP contribution in [0.25, 0.3) is 16.8 Å². The molecular weight excluding hydrogens is 326 g/mol. The van der Waals surface area contributed by atoms with Crippen molar-refractivity contribution in [3.05, 3.63) is 64.6 Å². The average molecular weight is 339 g/mol. The summed E-state index contributed by atoms with van der Waals surface area (Å²) in [5, 5.41) is 1.72. The van der Waals surface area contributed by atoms with Gasteiger partial charge < -0.3 is 9.47 Å². The van der Waals surface area contributed by atoms with Gasteiger partial charge in [0, 0.05) is 17.2 Å². The molecule has 0 radical (unpaired) electrons. The number of carbonyl (C=O) groups is 2. The van der Waals surface area contributed by atoms with E-state index in [4.69, 9.17) is 9.47 Å². The fourth-order valence-corrected chi connectivity index (χ4v) is 2.69. The highest BCUT2D eigenvalue weighted by Crippen LogP contribution is 2.27. The quantitative estimate of drug-likeness (QED) is 0.412. The Morgan fingerprint density at radius 1 is 1.17 bits per heavy atom. The molecule has 1 heterocycles. The fourth-order valence-electron chi connectivity index (χ4n) is 2.17. The molecule has 0 N–H and O–H groups in total. The molecule has 6 heteroatoms. The number of hydrogen-bond donors (Lipinski definition) is 0. The van der Waals surface area contributed by atoms with Gasteiger partial charge in [-0.3, -0.25) is 4.98 Å². The van der Waals surface area contributed by atoms with Gasteiger partial charge in [-0.1, -0.05) is 24.3 Å². The van der Waals surface area contributed by atoms with Gasteiger partial charge in [-0.25, -0.2) is 9.59 Å². The van der Waals surface area contributed by atoms with Crippen molar-refractivity contribution in [3.8, 4) is 5.75 Å². The number of benzene rings is 2. The van der Waals surface area contributed by atoms with Gasteiger partial charge in [0.15, 0.2) is 0 Å². The Hall–Kier alpha value is -2.99. The van der Waals surface area contributed by atoms with Crippen molar-refractivity contribution in [2.45, 2.75) is 0 Å². The van der Waals surface area contributed by atoms with Crippen LogP contribution in [-0.2, 0) is 9.53 Å². The lowest BCUT2D eigenvalue weighted by Crippen LogP contribution is -2.10. The molecule has 3 rings (SSSR count). The Balaban J connectivity index is 1.91. The van der Waals surface area contributed by atoms with Crippen LogP contribution in [0, 0.1) is 0 Å². The Kier molecular flexibility index (Phi) is 4.67. The summed E-state index contributed by atoms with van der Waals surface area (Å²) in [4.78, 5) is 28.7. The number of esters is 2. The summed E-state index contributed by atoms with van der Waals surface area (Å²) in [5.41, 5.74) is 1.87. The van der Waals surface area contributed by atoms with Crippen molar-refractivity contribution < 1.29 is 19.1 Å². The second-order valence-corrected chi connectivity index (χ2v) is 5.76. The van der Waals surface area contributed by atoms with Crippen LogP contribution in [0.15, 0.2) is 54.2 Å². The van der Waals surface area contributed by atoms with Crippen molar-refractivity contribution >= 4 is 40.1 Å². The Morgan fingerprint density at radius 3 is 2.58 bits per heavy atom. The summed E-state index contributed by atoms with van der Waals surface area (Å²) >= 11 is 1.40. The normalized spacial score (nSPS) is 10.9. The van der Waals surface area contributed by atoms with E-state index in [1.54, 1.807) is 29.9 Å². The third-order valence-corrected chi connectivity index (χ3v) is 4.04. The molecule has 24 heavy (non-hydrogen) atoms. The van der Waals surface area contributed by atoms with Crippen molar-refractivity contribution in [1.29, 1.82) is 0 Å². The van der Waals surface area contributed by atoms with Crippen LogP contribution in [0.5, 0.6) is 5.75 Å². The summed E-state index contributed by atoms with van der Waals surface area (Å²) in [6, 6.07) is 10.8. The van der Waals surface area contributed by atoms with Crippen molar-refractivity contribution in [2.75, 3.05) is 7.11 Å². The minimum atomic E-state index is -0.580. The first-order chi connectivity index (χ1) is 11.7. The number of rotatable bonds is 4.